The molecule has 28 heavy (non-hydrogen) atoms. The van der Waals surface area contributed by atoms with Gasteiger partial charge in [-0.15, -0.1) is 0 Å². The third kappa shape index (κ3) is 4.40. The molecule has 0 unspecified atom stereocenters. The van der Waals surface area contributed by atoms with Crippen molar-refractivity contribution >= 4 is 27.3 Å². The summed E-state index contributed by atoms with van der Waals surface area (Å²) in [6, 6.07) is 25.9. The van der Waals surface area contributed by atoms with Gasteiger partial charge in [0.1, 0.15) is 0 Å². The summed E-state index contributed by atoms with van der Waals surface area (Å²) < 4.78 is 25.1. The SMILES string of the molecule is CN(c1ccccc1NC(=O)C(c1ccccc1)c1ccccc1)S(C)(=O)=O. The zero-order valence-electron chi connectivity index (χ0n) is 15.7. The largest absolute Gasteiger partial charge is 0.323 e. The molecular weight excluding hydrogens is 372 g/mol. The number of rotatable bonds is 6. The first-order chi connectivity index (χ1) is 13.4. The molecule has 5 nitrogen and oxygen atoms in total. The van der Waals surface area contributed by atoms with E-state index in [1.807, 2.05) is 60.7 Å². The van der Waals surface area contributed by atoms with Gasteiger partial charge in [-0.2, -0.15) is 0 Å². The Labute approximate surface area is 165 Å². The Balaban J connectivity index is 1.99. The number of hydrogen-bond donors (Lipinski definition) is 1. The predicted octanol–water partition coefficient (Wildman–Crippen LogP) is 3.85. The van der Waals surface area contributed by atoms with Gasteiger partial charge in [-0.1, -0.05) is 72.8 Å². The number of anilines is 2. The van der Waals surface area contributed by atoms with E-state index in [4.69, 9.17) is 0 Å². The molecule has 0 aliphatic carbocycles. The number of nitrogens with zero attached hydrogens (tertiary/aromatic N) is 1. The predicted molar refractivity (Wildman–Crippen MR) is 113 cm³/mol. The van der Waals surface area contributed by atoms with Crippen LogP contribution < -0.4 is 9.62 Å². The van der Waals surface area contributed by atoms with Crippen LogP contribution in [0.15, 0.2) is 84.9 Å². The maximum atomic E-state index is 13.3. The first-order valence-corrected chi connectivity index (χ1v) is 10.7. The Bertz CT molecular complexity index is 1010. The molecule has 0 saturated carbocycles. The van der Waals surface area contributed by atoms with Crippen LogP contribution in [-0.2, 0) is 14.8 Å². The van der Waals surface area contributed by atoms with Gasteiger partial charge in [-0.25, -0.2) is 8.42 Å². The van der Waals surface area contributed by atoms with Crippen molar-refractivity contribution < 1.29 is 13.2 Å². The number of amides is 1. The van der Waals surface area contributed by atoms with Crippen LogP contribution >= 0.6 is 0 Å². The van der Waals surface area contributed by atoms with Crippen LogP contribution in [0.5, 0.6) is 0 Å². The number of sulfonamides is 1. The van der Waals surface area contributed by atoms with Gasteiger partial charge in [-0.05, 0) is 23.3 Å². The van der Waals surface area contributed by atoms with Gasteiger partial charge in [0.05, 0.1) is 23.5 Å². The highest BCUT2D eigenvalue weighted by Gasteiger charge is 2.24. The van der Waals surface area contributed by atoms with E-state index in [1.54, 1.807) is 24.3 Å². The van der Waals surface area contributed by atoms with Gasteiger partial charge in [0.25, 0.3) is 0 Å². The Morgan fingerprint density at radius 1 is 0.821 bits per heavy atom. The van der Waals surface area contributed by atoms with Gasteiger partial charge in [0, 0.05) is 7.05 Å². The van der Waals surface area contributed by atoms with Crippen LogP contribution in [0.3, 0.4) is 0 Å². The van der Waals surface area contributed by atoms with Crippen molar-refractivity contribution in [2.75, 3.05) is 22.9 Å². The molecule has 3 aromatic carbocycles. The maximum Gasteiger partial charge on any atom is 0.236 e. The maximum absolute atomic E-state index is 13.3. The van der Waals surface area contributed by atoms with Crippen molar-refractivity contribution in [1.29, 1.82) is 0 Å². The average molecular weight is 394 g/mol. The molecule has 0 aliphatic rings. The topological polar surface area (TPSA) is 66.5 Å². The summed E-state index contributed by atoms with van der Waals surface area (Å²) in [5.41, 5.74) is 2.58. The third-order valence-electron chi connectivity index (χ3n) is 4.53. The molecule has 1 N–H and O–H groups in total. The Hall–Kier alpha value is -3.12. The quantitative estimate of drug-likeness (QED) is 0.690. The molecule has 144 valence electrons. The second-order valence-electron chi connectivity index (χ2n) is 6.49. The molecule has 0 saturated heterocycles. The van der Waals surface area contributed by atoms with Crippen LogP contribution in [0.4, 0.5) is 11.4 Å². The lowest BCUT2D eigenvalue weighted by Crippen LogP contribution is -2.28. The van der Waals surface area contributed by atoms with Crippen LogP contribution in [-0.4, -0.2) is 27.6 Å². The number of nitrogens with one attached hydrogen (secondary N) is 1. The number of carbonyl (C=O) groups excluding carboxylic acids is 1. The molecule has 3 rings (SSSR count). The highest BCUT2D eigenvalue weighted by atomic mass is 32.2. The van der Waals surface area contributed by atoms with Crippen molar-refractivity contribution in [3.8, 4) is 0 Å². The second kappa shape index (κ2) is 8.27. The lowest BCUT2D eigenvalue weighted by atomic mass is 9.90. The molecule has 0 aromatic heterocycles. The van der Waals surface area contributed by atoms with E-state index in [9.17, 15) is 13.2 Å². The van der Waals surface area contributed by atoms with Crippen LogP contribution in [0.2, 0.25) is 0 Å². The minimum absolute atomic E-state index is 0.230. The first-order valence-electron chi connectivity index (χ1n) is 8.81. The molecule has 3 aromatic rings. The van der Waals surface area contributed by atoms with E-state index in [2.05, 4.69) is 5.32 Å². The molecule has 0 heterocycles. The van der Waals surface area contributed by atoms with Crippen molar-refractivity contribution in [2.24, 2.45) is 0 Å². The highest BCUT2D eigenvalue weighted by molar-refractivity contribution is 7.92. The smallest absolute Gasteiger partial charge is 0.236 e. The zero-order chi connectivity index (χ0) is 20.1. The summed E-state index contributed by atoms with van der Waals surface area (Å²) in [6.07, 6.45) is 1.13. The monoisotopic (exact) mass is 394 g/mol. The van der Waals surface area contributed by atoms with Crippen LogP contribution in [0.25, 0.3) is 0 Å². The fourth-order valence-electron chi connectivity index (χ4n) is 3.02. The van der Waals surface area contributed by atoms with Crippen molar-refractivity contribution in [3.63, 3.8) is 0 Å². The Morgan fingerprint density at radius 3 is 1.79 bits per heavy atom. The summed E-state index contributed by atoms with van der Waals surface area (Å²) >= 11 is 0. The third-order valence-corrected chi connectivity index (χ3v) is 5.72. The molecule has 0 fully saturated rings. The van der Waals surface area contributed by atoms with Gasteiger partial charge in [-0.3, -0.25) is 9.10 Å². The number of para-hydroxylation sites is 2. The molecule has 6 heteroatoms. The second-order valence-corrected chi connectivity index (χ2v) is 8.51. The van der Waals surface area contributed by atoms with Gasteiger partial charge in [0.15, 0.2) is 0 Å². The summed E-state index contributed by atoms with van der Waals surface area (Å²) in [5, 5.41) is 2.92. The first kappa shape index (κ1) is 19.6. The highest BCUT2D eigenvalue weighted by Crippen LogP contribution is 2.30. The van der Waals surface area contributed by atoms with Gasteiger partial charge >= 0.3 is 0 Å². The van der Waals surface area contributed by atoms with Gasteiger partial charge < -0.3 is 5.32 Å². The van der Waals surface area contributed by atoms with Crippen LogP contribution in [0, 0.1) is 0 Å². The summed E-state index contributed by atoms with van der Waals surface area (Å²) in [5.74, 6) is -0.745. The molecule has 0 spiro atoms. The van der Waals surface area contributed by atoms with E-state index in [-0.39, 0.29) is 5.91 Å². The molecule has 0 atom stereocenters. The standard InChI is InChI=1S/C22H22N2O3S/c1-24(28(2,26)27)20-16-10-9-15-19(20)23-22(25)21(17-11-5-3-6-12-17)18-13-7-4-8-14-18/h3-16,21H,1-2H3,(H,23,25). The number of carbonyl (C=O) groups is 1. The van der Waals surface area contributed by atoms with E-state index >= 15 is 0 Å². The lowest BCUT2D eigenvalue weighted by Gasteiger charge is -2.23. The van der Waals surface area contributed by atoms with Crippen molar-refractivity contribution in [1.82, 2.24) is 0 Å². The van der Waals surface area contributed by atoms with E-state index in [0.717, 1.165) is 21.7 Å². The molecule has 0 aliphatic heterocycles. The van der Waals surface area contributed by atoms with Gasteiger partial charge in [0.2, 0.25) is 15.9 Å². The van der Waals surface area contributed by atoms with Crippen molar-refractivity contribution in [3.05, 3.63) is 96.1 Å². The Kier molecular flexibility index (Phi) is 5.80. The molecule has 0 bridgehead atoms. The average Bonchev–Trinajstić information content (AvgIpc) is 2.69. The summed E-state index contributed by atoms with van der Waals surface area (Å²) in [7, 11) is -1.99. The van der Waals surface area contributed by atoms with E-state index in [1.165, 1.54) is 7.05 Å². The van der Waals surface area contributed by atoms with E-state index in [0.29, 0.717) is 11.4 Å². The molecule has 1 amide bonds. The summed E-state index contributed by atoms with van der Waals surface area (Å²) in [4.78, 5) is 13.3. The fraction of sp³-hybridized carbons (Fsp3) is 0.136. The minimum atomic E-state index is -3.46. The fourth-order valence-corrected chi connectivity index (χ4v) is 3.54. The minimum Gasteiger partial charge on any atom is -0.323 e. The van der Waals surface area contributed by atoms with Crippen LogP contribution in [0.1, 0.15) is 17.0 Å². The van der Waals surface area contributed by atoms with E-state index < -0.39 is 15.9 Å². The number of hydrogen-bond acceptors (Lipinski definition) is 3. The zero-order valence-corrected chi connectivity index (χ0v) is 16.6. The normalized spacial score (nSPS) is 11.2. The number of benzene rings is 3. The van der Waals surface area contributed by atoms with Crippen molar-refractivity contribution in [2.45, 2.75) is 5.92 Å². The lowest BCUT2D eigenvalue weighted by molar-refractivity contribution is -0.116. The summed E-state index contributed by atoms with van der Waals surface area (Å²) in [6.45, 7) is 0. The Morgan fingerprint density at radius 2 is 1.29 bits per heavy atom. The molecule has 0 radical (unpaired) electrons. The molecular formula is C22H22N2O3S.